The maximum Gasteiger partial charge on any atom is 0.308 e. The van der Waals surface area contributed by atoms with E-state index in [4.69, 9.17) is 5.11 Å². The van der Waals surface area contributed by atoms with Gasteiger partial charge in [-0.3, -0.25) is 9.59 Å². The highest BCUT2D eigenvalue weighted by molar-refractivity contribution is 5.79. The van der Waals surface area contributed by atoms with E-state index in [9.17, 15) is 9.59 Å². The predicted molar refractivity (Wildman–Crippen MR) is 70.2 cm³/mol. The zero-order valence-corrected chi connectivity index (χ0v) is 11.7. The minimum atomic E-state index is -0.827. The maximum atomic E-state index is 12.2. The van der Waals surface area contributed by atoms with Gasteiger partial charge in [-0.2, -0.15) is 0 Å². The monoisotopic (exact) mass is 255 g/mol. The molecule has 0 bridgehead atoms. The minimum Gasteiger partial charge on any atom is -0.481 e. The summed E-state index contributed by atoms with van der Waals surface area (Å²) in [4.78, 5) is 25.0. The molecule has 18 heavy (non-hydrogen) atoms. The summed E-state index contributed by atoms with van der Waals surface area (Å²) in [5.74, 6) is -1.29. The van der Waals surface area contributed by atoms with E-state index in [0.29, 0.717) is 6.54 Å². The number of aliphatic carboxylic acids is 1. The highest BCUT2D eigenvalue weighted by atomic mass is 16.4. The van der Waals surface area contributed by atoms with Gasteiger partial charge in [0.2, 0.25) is 5.91 Å². The van der Waals surface area contributed by atoms with Crippen molar-refractivity contribution in [1.29, 1.82) is 0 Å². The first-order valence-corrected chi connectivity index (χ1v) is 6.96. The van der Waals surface area contributed by atoms with Crippen LogP contribution >= 0.6 is 0 Å². The van der Waals surface area contributed by atoms with E-state index in [2.05, 4.69) is 0 Å². The summed E-state index contributed by atoms with van der Waals surface area (Å²) in [6.45, 7) is 5.77. The highest BCUT2D eigenvalue weighted by Crippen LogP contribution is 2.24. The van der Waals surface area contributed by atoms with Crippen molar-refractivity contribution in [3.63, 3.8) is 0 Å². The van der Waals surface area contributed by atoms with Gasteiger partial charge in [-0.1, -0.05) is 40.0 Å². The first kappa shape index (κ1) is 15.0. The number of amides is 1. The van der Waals surface area contributed by atoms with Crippen LogP contribution in [0.25, 0.3) is 0 Å². The molecule has 1 atom stereocenters. The molecular weight excluding hydrogens is 230 g/mol. The predicted octanol–water partition coefficient (Wildman–Crippen LogP) is 2.52. The molecule has 1 aliphatic rings. The number of carbonyl (C=O) groups excluding carboxylic acids is 1. The fraction of sp³-hybridized carbons (Fsp3) is 0.857. The van der Waals surface area contributed by atoms with Crippen molar-refractivity contribution in [1.82, 2.24) is 4.90 Å². The lowest BCUT2D eigenvalue weighted by molar-refractivity contribution is -0.145. The number of carboxylic acid groups (broad SMARTS) is 1. The molecule has 0 aliphatic heterocycles. The average Bonchev–Trinajstić information content (AvgIpc) is 2.35. The van der Waals surface area contributed by atoms with Crippen LogP contribution in [0, 0.1) is 11.8 Å². The van der Waals surface area contributed by atoms with Crippen molar-refractivity contribution in [2.24, 2.45) is 11.8 Å². The Hall–Kier alpha value is -1.06. The first-order valence-electron chi connectivity index (χ1n) is 6.96. The van der Waals surface area contributed by atoms with E-state index in [1.807, 2.05) is 18.7 Å². The molecule has 4 heteroatoms. The van der Waals surface area contributed by atoms with Crippen molar-refractivity contribution >= 4 is 11.9 Å². The third kappa shape index (κ3) is 4.00. The molecule has 0 aromatic rings. The second-order valence-corrected chi connectivity index (χ2v) is 5.68. The van der Waals surface area contributed by atoms with Gasteiger partial charge in [0.15, 0.2) is 0 Å². The van der Waals surface area contributed by atoms with Crippen LogP contribution < -0.4 is 0 Å². The molecule has 0 saturated heterocycles. The normalized spacial score (nSPS) is 18.7. The summed E-state index contributed by atoms with van der Waals surface area (Å²) >= 11 is 0. The van der Waals surface area contributed by atoms with Gasteiger partial charge in [0.1, 0.15) is 0 Å². The lowest BCUT2D eigenvalue weighted by atomic mass is 9.92. The maximum absolute atomic E-state index is 12.2. The fourth-order valence-electron chi connectivity index (χ4n) is 2.52. The number of hydrogen-bond acceptors (Lipinski definition) is 2. The zero-order chi connectivity index (χ0) is 13.7. The van der Waals surface area contributed by atoms with Gasteiger partial charge in [0, 0.05) is 18.5 Å². The molecule has 0 spiro atoms. The molecule has 1 aliphatic carbocycles. The van der Waals surface area contributed by atoms with Crippen LogP contribution in [0.5, 0.6) is 0 Å². The Bertz CT molecular complexity index is 295. The molecule has 0 heterocycles. The van der Waals surface area contributed by atoms with Crippen LogP contribution in [0.2, 0.25) is 0 Å². The van der Waals surface area contributed by atoms with Crippen molar-refractivity contribution in [2.75, 3.05) is 6.54 Å². The zero-order valence-electron chi connectivity index (χ0n) is 11.7. The summed E-state index contributed by atoms with van der Waals surface area (Å²) in [6, 6.07) is 0.246. The number of carboxylic acids is 1. The molecular formula is C14H25NO3. The average molecular weight is 255 g/mol. The van der Waals surface area contributed by atoms with Gasteiger partial charge in [-0.05, 0) is 12.8 Å². The van der Waals surface area contributed by atoms with Gasteiger partial charge in [-0.25, -0.2) is 0 Å². The summed E-state index contributed by atoms with van der Waals surface area (Å²) in [5, 5.41) is 9.01. The highest BCUT2D eigenvalue weighted by Gasteiger charge is 2.29. The number of rotatable bonds is 5. The van der Waals surface area contributed by atoms with E-state index < -0.39 is 11.9 Å². The molecule has 0 aromatic heterocycles. The Labute approximate surface area is 109 Å². The SMILES string of the molecule is CC(C)C(=O)N(CC(C)C(=O)O)C1CCCCC1. The van der Waals surface area contributed by atoms with Crippen LogP contribution in [-0.2, 0) is 9.59 Å². The minimum absolute atomic E-state index is 0.0621. The first-order chi connectivity index (χ1) is 8.43. The molecule has 1 amide bonds. The van der Waals surface area contributed by atoms with E-state index in [-0.39, 0.29) is 17.9 Å². The van der Waals surface area contributed by atoms with Crippen molar-refractivity contribution in [3.8, 4) is 0 Å². The van der Waals surface area contributed by atoms with E-state index >= 15 is 0 Å². The Morgan fingerprint density at radius 1 is 1.17 bits per heavy atom. The Morgan fingerprint density at radius 2 is 1.72 bits per heavy atom. The van der Waals surface area contributed by atoms with Crippen LogP contribution in [0.1, 0.15) is 52.9 Å². The third-order valence-corrected chi connectivity index (χ3v) is 3.68. The lowest BCUT2D eigenvalue weighted by Gasteiger charge is -2.36. The Kier molecular flexibility index (Phi) is 5.63. The number of carbonyl (C=O) groups is 2. The van der Waals surface area contributed by atoms with Gasteiger partial charge < -0.3 is 10.0 Å². The molecule has 0 radical (unpaired) electrons. The standard InChI is InChI=1S/C14H25NO3/c1-10(2)13(16)15(9-11(3)14(17)18)12-7-5-4-6-8-12/h10-12H,4-9H2,1-3H3,(H,17,18). The van der Waals surface area contributed by atoms with Gasteiger partial charge in [-0.15, -0.1) is 0 Å². The quantitative estimate of drug-likeness (QED) is 0.821. The summed E-state index contributed by atoms with van der Waals surface area (Å²) in [7, 11) is 0. The fourth-order valence-corrected chi connectivity index (χ4v) is 2.52. The van der Waals surface area contributed by atoms with Gasteiger partial charge in [0.05, 0.1) is 5.92 Å². The van der Waals surface area contributed by atoms with E-state index in [1.54, 1.807) is 6.92 Å². The van der Waals surface area contributed by atoms with Crippen molar-refractivity contribution in [3.05, 3.63) is 0 Å². The van der Waals surface area contributed by atoms with E-state index in [1.165, 1.54) is 6.42 Å². The molecule has 1 unspecified atom stereocenters. The third-order valence-electron chi connectivity index (χ3n) is 3.68. The molecule has 0 aromatic carbocycles. The Balaban J connectivity index is 2.73. The second kappa shape index (κ2) is 6.76. The van der Waals surface area contributed by atoms with Crippen LogP contribution in [0.4, 0.5) is 0 Å². The van der Waals surface area contributed by atoms with Crippen LogP contribution in [0.3, 0.4) is 0 Å². The smallest absolute Gasteiger partial charge is 0.308 e. The van der Waals surface area contributed by atoms with Crippen LogP contribution in [0.15, 0.2) is 0 Å². The van der Waals surface area contributed by atoms with Gasteiger partial charge in [0.25, 0.3) is 0 Å². The second-order valence-electron chi connectivity index (χ2n) is 5.68. The van der Waals surface area contributed by atoms with Gasteiger partial charge >= 0.3 is 5.97 Å². The molecule has 1 rings (SSSR count). The van der Waals surface area contributed by atoms with E-state index in [0.717, 1.165) is 25.7 Å². The Morgan fingerprint density at radius 3 is 2.17 bits per heavy atom. The molecule has 1 N–H and O–H groups in total. The lowest BCUT2D eigenvalue weighted by Crippen LogP contribution is -2.46. The van der Waals surface area contributed by atoms with Crippen LogP contribution in [-0.4, -0.2) is 34.5 Å². The summed E-state index contributed by atoms with van der Waals surface area (Å²) < 4.78 is 0. The summed E-state index contributed by atoms with van der Waals surface area (Å²) in [5.41, 5.74) is 0. The molecule has 1 saturated carbocycles. The largest absolute Gasteiger partial charge is 0.481 e. The molecule has 1 fully saturated rings. The molecule has 4 nitrogen and oxygen atoms in total. The van der Waals surface area contributed by atoms with Crippen molar-refractivity contribution < 1.29 is 14.7 Å². The van der Waals surface area contributed by atoms with Crippen molar-refractivity contribution in [2.45, 2.75) is 58.9 Å². The number of nitrogens with zero attached hydrogens (tertiary/aromatic N) is 1. The number of hydrogen-bond donors (Lipinski definition) is 1. The molecule has 104 valence electrons. The summed E-state index contributed by atoms with van der Waals surface area (Å²) in [6.07, 6.45) is 5.56. The topological polar surface area (TPSA) is 57.6 Å².